The molecule has 8 nitrogen and oxygen atoms in total. The van der Waals surface area contributed by atoms with Gasteiger partial charge in [0, 0.05) is 18.4 Å². The minimum Gasteiger partial charge on any atom is -0.367 e. The van der Waals surface area contributed by atoms with Crippen LogP contribution < -0.4 is 10.6 Å². The number of nitrogens with one attached hydrogen (secondary N) is 2. The Morgan fingerprint density at radius 3 is 2.59 bits per heavy atom. The zero-order valence-electron chi connectivity index (χ0n) is 17.6. The average Bonchev–Trinajstić information content (AvgIpc) is 3.46. The number of carbonyl (C=O) groups excluding carboxylic acids is 1. The van der Waals surface area contributed by atoms with E-state index in [-0.39, 0.29) is 21.7 Å². The van der Waals surface area contributed by atoms with Crippen LogP contribution in [-0.2, 0) is 14.6 Å². The number of hydrogen-bond donors (Lipinski definition) is 2. The summed E-state index contributed by atoms with van der Waals surface area (Å²) in [4.78, 5) is 26.1. The summed E-state index contributed by atoms with van der Waals surface area (Å²) >= 11 is 6.24. The van der Waals surface area contributed by atoms with Crippen molar-refractivity contribution in [3.05, 3.63) is 52.9 Å². The van der Waals surface area contributed by atoms with Gasteiger partial charge in [0.1, 0.15) is 11.5 Å². The highest BCUT2D eigenvalue weighted by molar-refractivity contribution is 7.90. The number of amidine groups is 1. The van der Waals surface area contributed by atoms with E-state index in [0.717, 1.165) is 38.5 Å². The number of aromatic nitrogens is 2. The Morgan fingerprint density at radius 2 is 2.00 bits per heavy atom. The lowest BCUT2D eigenvalue weighted by Crippen LogP contribution is -2.21. The van der Waals surface area contributed by atoms with Gasteiger partial charge >= 0.3 is 0 Å². The third kappa shape index (κ3) is 5.16. The zero-order chi connectivity index (χ0) is 22.7. The van der Waals surface area contributed by atoms with Gasteiger partial charge in [0.15, 0.2) is 15.7 Å². The van der Waals surface area contributed by atoms with Crippen LogP contribution >= 0.6 is 11.6 Å². The van der Waals surface area contributed by atoms with Crippen molar-refractivity contribution in [2.45, 2.75) is 30.6 Å². The van der Waals surface area contributed by atoms with Crippen LogP contribution in [0.2, 0.25) is 5.02 Å². The number of carbonyl (C=O) groups is 1. The van der Waals surface area contributed by atoms with Crippen LogP contribution in [0.15, 0.2) is 46.6 Å². The van der Waals surface area contributed by atoms with E-state index < -0.39 is 9.84 Å². The second-order valence-electron chi connectivity index (χ2n) is 7.94. The first-order chi connectivity index (χ1) is 15.3. The fourth-order valence-corrected chi connectivity index (χ4v) is 5.23. The lowest BCUT2D eigenvalue weighted by molar-refractivity contribution is -0.111. The van der Waals surface area contributed by atoms with E-state index in [1.165, 1.54) is 18.3 Å². The summed E-state index contributed by atoms with van der Waals surface area (Å²) in [6.07, 6.45) is 10.4. The fraction of sp³-hybridized carbons (Fsp3) is 0.364. The first kappa shape index (κ1) is 22.4. The minimum atomic E-state index is -3.46. The van der Waals surface area contributed by atoms with Crippen LogP contribution in [0.1, 0.15) is 36.9 Å². The summed E-state index contributed by atoms with van der Waals surface area (Å²) in [7, 11) is -3.46. The zero-order valence-corrected chi connectivity index (χ0v) is 19.2. The Labute approximate surface area is 192 Å². The molecule has 0 saturated heterocycles. The maximum Gasteiger partial charge on any atom is 0.257 e. The summed E-state index contributed by atoms with van der Waals surface area (Å²) in [5, 5.41) is 6.01. The lowest BCUT2D eigenvalue weighted by atomic mass is 9.98. The number of hydrogen-bond acceptors (Lipinski definition) is 7. The van der Waals surface area contributed by atoms with Gasteiger partial charge in [0.25, 0.3) is 5.91 Å². The molecule has 1 amide bonds. The molecule has 1 aliphatic heterocycles. The molecule has 2 aromatic rings. The van der Waals surface area contributed by atoms with Crippen LogP contribution in [0.25, 0.3) is 5.57 Å². The second kappa shape index (κ2) is 9.38. The molecule has 2 heterocycles. The average molecular weight is 474 g/mol. The molecule has 168 valence electrons. The van der Waals surface area contributed by atoms with Crippen molar-refractivity contribution in [2.75, 3.05) is 24.7 Å². The van der Waals surface area contributed by atoms with Crippen molar-refractivity contribution in [1.29, 1.82) is 0 Å². The van der Waals surface area contributed by atoms with E-state index >= 15 is 0 Å². The number of sulfone groups is 1. The number of amides is 1. The molecular formula is C22H24ClN5O3S. The molecule has 2 N–H and O–H groups in total. The van der Waals surface area contributed by atoms with Crippen molar-refractivity contribution in [2.24, 2.45) is 10.9 Å². The van der Waals surface area contributed by atoms with Gasteiger partial charge in [0.2, 0.25) is 0 Å². The van der Waals surface area contributed by atoms with E-state index in [1.54, 1.807) is 12.3 Å². The molecule has 1 aliphatic carbocycles. The molecule has 1 aromatic heterocycles. The highest BCUT2D eigenvalue weighted by Gasteiger charge is 2.21. The minimum absolute atomic E-state index is 0.0356. The van der Waals surface area contributed by atoms with Crippen LogP contribution in [-0.4, -0.2) is 49.5 Å². The maximum absolute atomic E-state index is 13.2. The number of nitrogens with zero attached hydrogens (tertiary/aromatic N) is 3. The molecule has 1 fully saturated rings. The van der Waals surface area contributed by atoms with E-state index in [0.29, 0.717) is 35.0 Å². The van der Waals surface area contributed by atoms with Crippen molar-refractivity contribution in [3.63, 3.8) is 0 Å². The first-order valence-electron chi connectivity index (χ1n) is 10.4. The number of allylic oxidation sites excluding steroid dienone is 1. The van der Waals surface area contributed by atoms with Gasteiger partial charge in [-0.05, 0) is 36.5 Å². The number of benzene rings is 1. The summed E-state index contributed by atoms with van der Waals surface area (Å²) in [6.45, 7) is 1.47. The van der Waals surface area contributed by atoms with Gasteiger partial charge in [-0.1, -0.05) is 36.6 Å². The van der Waals surface area contributed by atoms with Crippen LogP contribution in [0.5, 0.6) is 0 Å². The van der Waals surface area contributed by atoms with E-state index in [9.17, 15) is 13.2 Å². The SMILES string of the molecule is CS(=O)(=O)c1ccc(/C(=C\C2CCCC2)C(=O)Nc2cnc(C3=NCCN3)cn2)cc1Cl. The van der Waals surface area contributed by atoms with Gasteiger partial charge in [-0.25, -0.2) is 18.4 Å². The van der Waals surface area contributed by atoms with Gasteiger partial charge in [-0.3, -0.25) is 9.79 Å². The predicted molar refractivity (Wildman–Crippen MR) is 125 cm³/mol. The molecule has 0 atom stereocenters. The van der Waals surface area contributed by atoms with Crippen LogP contribution in [0.3, 0.4) is 0 Å². The Balaban J connectivity index is 1.60. The van der Waals surface area contributed by atoms with E-state index in [1.807, 2.05) is 6.08 Å². The van der Waals surface area contributed by atoms with Gasteiger partial charge in [0.05, 0.1) is 28.9 Å². The highest BCUT2D eigenvalue weighted by Crippen LogP contribution is 2.32. The molecule has 0 bridgehead atoms. The highest BCUT2D eigenvalue weighted by atomic mass is 35.5. The van der Waals surface area contributed by atoms with Crippen molar-refractivity contribution >= 4 is 44.6 Å². The monoisotopic (exact) mass is 473 g/mol. The topological polar surface area (TPSA) is 113 Å². The number of aliphatic imine (C=N–C) groups is 1. The third-order valence-electron chi connectivity index (χ3n) is 5.50. The lowest BCUT2D eigenvalue weighted by Gasteiger charge is -2.13. The molecule has 1 saturated carbocycles. The van der Waals surface area contributed by atoms with Crippen molar-refractivity contribution in [1.82, 2.24) is 15.3 Å². The predicted octanol–water partition coefficient (Wildman–Crippen LogP) is 3.10. The summed E-state index contributed by atoms with van der Waals surface area (Å²) < 4.78 is 23.8. The fourth-order valence-electron chi connectivity index (χ4n) is 3.90. The Bertz CT molecular complexity index is 1190. The first-order valence-corrected chi connectivity index (χ1v) is 12.7. The summed E-state index contributed by atoms with van der Waals surface area (Å²) in [6, 6.07) is 4.57. The van der Waals surface area contributed by atoms with E-state index in [4.69, 9.17) is 11.6 Å². The molecule has 1 aromatic carbocycles. The normalized spacial score (nSPS) is 17.2. The quantitative estimate of drug-likeness (QED) is 0.623. The van der Waals surface area contributed by atoms with Gasteiger partial charge in [-0.2, -0.15) is 0 Å². The summed E-state index contributed by atoms with van der Waals surface area (Å²) in [5.41, 5.74) is 1.61. The molecule has 4 rings (SSSR count). The van der Waals surface area contributed by atoms with Crippen molar-refractivity contribution < 1.29 is 13.2 Å². The molecule has 2 aliphatic rings. The van der Waals surface area contributed by atoms with Gasteiger partial charge in [-0.15, -0.1) is 0 Å². The number of anilines is 1. The molecule has 0 radical (unpaired) electrons. The van der Waals surface area contributed by atoms with Gasteiger partial charge < -0.3 is 10.6 Å². The Kier molecular flexibility index (Phi) is 6.57. The second-order valence-corrected chi connectivity index (χ2v) is 10.3. The molecule has 32 heavy (non-hydrogen) atoms. The summed E-state index contributed by atoms with van der Waals surface area (Å²) in [5.74, 6) is 0.939. The van der Waals surface area contributed by atoms with Crippen LogP contribution in [0, 0.1) is 5.92 Å². The smallest absolute Gasteiger partial charge is 0.257 e. The molecule has 10 heteroatoms. The molecular weight excluding hydrogens is 450 g/mol. The Hall–Kier alpha value is -2.78. The molecule has 0 spiro atoms. The van der Waals surface area contributed by atoms with E-state index in [2.05, 4.69) is 25.6 Å². The molecule has 0 unspecified atom stereocenters. The van der Waals surface area contributed by atoms with Crippen LogP contribution in [0.4, 0.5) is 5.82 Å². The number of halogens is 1. The number of rotatable bonds is 6. The standard InChI is InChI=1S/C22H24ClN5O3S/c1-32(30,31)19-7-6-15(11-17(19)23)16(10-14-4-2-3-5-14)22(29)28-20-13-26-18(12-27-20)21-24-8-9-25-21/h6-7,10-14H,2-5,8-9H2,1H3,(H,24,25)(H,27,28,29)/b16-10+. The maximum atomic E-state index is 13.2. The van der Waals surface area contributed by atoms with Crippen molar-refractivity contribution in [3.8, 4) is 0 Å². The largest absolute Gasteiger partial charge is 0.367 e. The Morgan fingerprint density at radius 1 is 1.22 bits per heavy atom. The third-order valence-corrected chi connectivity index (χ3v) is 7.08.